The molecule has 0 saturated carbocycles. The molecule has 116 heavy (non-hydrogen) atoms. The van der Waals surface area contributed by atoms with Crippen LogP contribution in [0.1, 0.15) is 22.3 Å². The van der Waals surface area contributed by atoms with E-state index in [2.05, 4.69) is 416 Å². The number of nitrogens with zero attached hydrogens (tertiary/aromatic N) is 2. The summed E-state index contributed by atoms with van der Waals surface area (Å²) >= 11 is 1.85. The molecule has 0 aliphatic heterocycles. The van der Waals surface area contributed by atoms with E-state index in [-0.39, 0.29) is 0 Å². The zero-order chi connectivity index (χ0) is 76.1. The van der Waals surface area contributed by atoms with Gasteiger partial charge in [0.05, 0.1) is 16.8 Å². The van der Waals surface area contributed by atoms with Gasteiger partial charge in [0, 0.05) is 75.6 Å². The highest BCUT2D eigenvalue weighted by molar-refractivity contribution is 7.25. The summed E-state index contributed by atoms with van der Waals surface area (Å²) in [5.74, 6) is 0. The van der Waals surface area contributed by atoms with Gasteiger partial charge in [-0.1, -0.05) is 303 Å². The van der Waals surface area contributed by atoms with Crippen LogP contribution in [0, 0.1) is 0 Å². The van der Waals surface area contributed by atoms with Gasteiger partial charge < -0.3 is 18.6 Å². The summed E-state index contributed by atoms with van der Waals surface area (Å²) < 4.78 is 16.1. The van der Waals surface area contributed by atoms with E-state index in [4.69, 9.17) is 8.83 Å². The molecule has 3 aromatic heterocycles. The van der Waals surface area contributed by atoms with Crippen molar-refractivity contribution < 1.29 is 8.83 Å². The van der Waals surface area contributed by atoms with Gasteiger partial charge in [-0.3, -0.25) is 0 Å². The maximum absolute atomic E-state index is 6.97. The van der Waals surface area contributed by atoms with Crippen LogP contribution in [-0.4, -0.2) is 0 Å². The van der Waals surface area contributed by atoms with Crippen LogP contribution < -0.4 is 9.80 Å². The fourth-order valence-corrected chi connectivity index (χ4v) is 20.7. The first-order valence-corrected chi connectivity index (χ1v) is 40.6. The normalized spacial score (nSPS) is 12.6. The first-order chi connectivity index (χ1) is 57.5. The Kier molecular flexibility index (Phi) is 14.8. The fourth-order valence-electron chi connectivity index (χ4n) is 19.6. The third kappa shape index (κ3) is 10.1. The van der Waals surface area contributed by atoms with Crippen molar-refractivity contribution in [1.29, 1.82) is 0 Å². The Balaban J connectivity index is 0.575. The summed E-state index contributed by atoms with van der Waals surface area (Å²) in [6.45, 7) is 0. The third-order valence-corrected chi connectivity index (χ3v) is 25.9. The summed E-state index contributed by atoms with van der Waals surface area (Å²) in [5, 5.41) is 11.7. The molecule has 540 valence electrons. The standard InChI is InChI=1S/C111H68N2O2S/c1-2-24-81-70(21-1)22-17-32-82(81)71-49-58-79(59-50-71)113(80-60-64-92-91-30-9-16-44-107(91)116-108(92)68-80)102-40-14-7-29-90(102)94-35-20-43-105-110(94)96-63-53-75(67-106(96)115-105)73-51-61-84-76(65-73)23-18-33-83(84)72-47-56-78(57-48-72)112(101-39-13-6-28-89(101)93-34-19-42-104-109(93)95-31-8-15-41-103(95)114-104)77-54-45-69(46-55-77)74-52-62-88-87-27-5-12-38-99(87)111(100(88)66-74)97-36-10-3-25-85(97)86-26-4-11-37-98(86)111/h1-68H. The Bertz CT molecular complexity index is 7720. The second kappa shape index (κ2) is 26.1. The molecular formula is C111H68N2O2S. The van der Waals surface area contributed by atoms with Crippen LogP contribution >= 0.6 is 11.3 Å². The number of thiophene rings is 1. The number of hydrogen-bond acceptors (Lipinski definition) is 5. The van der Waals surface area contributed by atoms with Gasteiger partial charge in [0.2, 0.25) is 0 Å². The highest BCUT2D eigenvalue weighted by Crippen LogP contribution is 2.63. The molecule has 0 fully saturated rings. The molecule has 22 aromatic rings. The monoisotopic (exact) mass is 1490 g/mol. The van der Waals surface area contributed by atoms with Gasteiger partial charge in [0.25, 0.3) is 0 Å². The quantitative estimate of drug-likeness (QED) is 0.122. The Morgan fingerprint density at radius 3 is 1.21 bits per heavy atom. The summed E-state index contributed by atoms with van der Waals surface area (Å²) in [6, 6.07) is 152. The van der Waals surface area contributed by atoms with Crippen LogP contribution in [0.15, 0.2) is 421 Å². The van der Waals surface area contributed by atoms with Crippen molar-refractivity contribution in [2.24, 2.45) is 0 Å². The Morgan fingerprint density at radius 2 is 0.578 bits per heavy atom. The highest BCUT2D eigenvalue weighted by atomic mass is 32.1. The maximum atomic E-state index is 6.97. The lowest BCUT2D eigenvalue weighted by Crippen LogP contribution is -2.25. The van der Waals surface area contributed by atoms with Crippen LogP contribution in [0.25, 0.3) is 175 Å². The molecule has 2 aliphatic rings. The molecule has 2 aliphatic carbocycles. The molecule has 24 rings (SSSR count). The van der Waals surface area contributed by atoms with Crippen molar-refractivity contribution in [1.82, 2.24) is 0 Å². The molecule has 0 amide bonds. The van der Waals surface area contributed by atoms with E-state index >= 15 is 0 Å². The van der Waals surface area contributed by atoms with E-state index in [0.29, 0.717) is 0 Å². The third-order valence-electron chi connectivity index (χ3n) is 24.7. The second-order valence-electron chi connectivity index (χ2n) is 30.8. The molecule has 0 saturated heterocycles. The lowest BCUT2D eigenvalue weighted by atomic mass is 9.70. The molecule has 1 spiro atoms. The SMILES string of the molecule is c1ccc(N(c2ccc(-c3ccc4c(c3)C3(c5ccccc5-c5ccccc53)c3ccccc3-4)cc2)c2ccc(-c3cccc4cc(-c5ccc6c(c5)oc5cccc(-c7ccccc7N(c7ccc(-c8cccc9ccccc89)cc7)c7ccc8c(c7)sc7ccccc78)c56)ccc34)cc2)c(-c2cccc3oc4ccccc4c23)c1. The van der Waals surface area contributed by atoms with Crippen LogP contribution in [0.3, 0.4) is 0 Å². The Hall–Kier alpha value is -14.9. The van der Waals surface area contributed by atoms with Crippen LogP contribution in [0.5, 0.6) is 0 Å². The van der Waals surface area contributed by atoms with Crippen molar-refractivity contribution in [2.45, 2.75) is 5.41 Å². The van der Waals surface area contributed by atoms with Crippen molar-refractivity contribution >= 4 is 131 Å². The summed E-state index contributed by atoms with van der Waals surface area (Å²) in [7, 11) is 0. The maximum Gasteiger partial charge on any atom is 0.136 e. The molecule has 3 heterocycles. The molecule has 0 bridgehead atoms. The average Bonchev–Trinajstić information content (AvgIpc) is 1.51. The van der Waals surface area contributed by atoms with Gasteiger partial charge >= 0.3 is 0 Å². The van der Waals surface area contributed by atoms with E-state index in [1.807, 2.05) is 17.4 Å². The minimum Gasteiger partial charge on any atom is -0.456 e. The van der Waals surface area contributed by atoms with Gasteiger partial charge in [-0.25, -0.2) is 0 Å². The van der Waals surface area contributed by atoms with Crippen molar-refractivity contribution in [3.05, 3.63) is 435 Å². The molecular weight excluding hydrogens is 1430 g/mol. The highest BCUT2D eigenvalue weighted by Gasteiger charge is 2.51. The lowest BCUT2D eigenvalue weighted by molar-refractivity contribution is 0.668. The average molecular weight is 1490 g/mol. The van der Waals surface area contributed by atoms with E-state index < -0.39 is 5.41 Å². The largest absolute Gasteiger partial charge is 0.456 e. The first-order valence-electron chi connectivity index (χ1n) is 39.8. The number of para-hydroxylation sites is 3. The fraction of sp³-hybridized carbons (Fsp3) is 0.00901. The molecule has 5 heteroatoms. The Labute approximate surface area is 674 Å². The van der Waals surface area contributed by atoms with E-state index in [1.54, 1.807) is 0 Å². The number of anilines is 6. The van der Waals surface area contributed by atoms with Gasteiger partial charge in [-0.2, -0.15) is 0 Å². The van der Waals surface area contributed by atoms with Crippen LogP contribution in [0.4, 0.5) is 34.1 Å². The molecule has 19 aromatic carbocycles. The molecule has 0 unspecified atom stereocenters. The van der Waals surface area contributed by atoms with Gasteiger partial charge in [-0.15, -0.1) is 11.3 Å². The number of hydrogen-bond donors (Lipinski definition) is 0. The minimum absolute atomic E-state index is 0.434. The van der Waals surface area contributed by atoms with Crippen molar-refractivity contribution in [3.63, 3.8) is 0 Å². The van der Waals surface area contributed by atoms with Crippen LogP contribution in [-0.2, 0) is 5.41 Å². The lowest BCUT2D eigenvalue weighted by Gasteiger charge is -2.30. The zero-order valence-electron chi connectivity index (χ0n) is 62.9. The van der Waals surface area contributed by atoms with Crippen LogP contribution in [0.2, 0.25) is 0 Å². The zero-order valence-corrected chi connectivity index (χ0v) is 63.7. The van der Waals surface area contributed by atoms with E-state index in [1.165, 1.54) is 97.5 Å². The number of rotatable bonds is 12. The smallest absolute Gasteiger partial charge is 0.136 e. The van der Waals surface area contributed by atoms with E-state index in [0.717, 1.165) is 133 Å². The summed E-state index contributed by atoms with van der Waals surface area (Å²) in [4.78, 5) is 4.86. The van der Waals surface area contributed by atoms with Gasteiger partial charge in [0.15, 0.2) is 0 Å². The van der Waals surface area contributed by atoms with Crippen molar-refractivity contribution in [2.75, 3.05) is 9.80 Å². The summed E-state index contributed by atoms with van der Waals surface area (Å²) in [5.41, 5.74) is 33.5. The topological polar surface area (TPSA) is 32.8 Å². The summed E-state index contributed by atoms with van der Waals surface area (Å²) in [6.07, 6.45) is 0. The first kappa shape index (κ1) is 65.8. The predicted octanol–water partition coefficient (Wildman–Crippen LogP) is 31.4. The number of benzene rings is 19. The molecule has 0 N–H and O–H groups in total. The molecule has 4 nitrogen and oxygen atoms in total. The number of fused-ring (bicyclic) bond motifs is 21. The second-order valence-corrected chi connectivity index (χ2v) is 31.9. The van der Waals surface area contributed by atoms with E-state index in [9.17, 15) is 0 Å². The molecule has 0 atom stereocenters. The van der Waals surface area contributed by atoms with Gasteiger partial charge in [-0.05, 0) is 231 Å². The van der Waals surface area contributed by atoms with Gasteiger partial charge in [0.1, 0.15) is 22.3 Å². The van der Waals surface area contributed by atoms with Crippen molar-refractivity contribution in [3.8, 4) is 89.0 Å². The number of furan rings is 2. The predicted molar refractivity (Wildman–Crippen MR) is 487 cm³/mol. The minimum atomic E-state index is -0.434. The Morgan fingerprint density at radius 1 is 0.198 bits per heavy atom. The molecule has 0 radical (unpaired) electrons.